The Morgan fingerprint density at radius 1 is 0.754 bits per heavy atom. The SMILES string of the molecule is CCCCCCCCCCCCCC[C@@H](O)[C@@H](O)[C@H](CO[C@H]1OC(CNC(=O)Cc2ccc3ccccc3c2)[C@H](O)[C@H](O)C1O)NC(=O)Cc1ccc(C)c(F)c1. The fraction of sp³-hybridized carbons (Fsp3) is 0.600. The number of ether oxygens (including phenoxy) is 2. The van der Waals surface area contributed by atoms with Crippen molar-refractivity contribution >= 4 is 22.6 Å². The minimum absolute atomic E-state index is 0.0643. The first-order chi connectivity index (χ1) is 27.5. The Morgan fingerprint density at radius 2 is 1.35 bits per heavy atom. The molecule has 12 heteroatoms. The van der Waals surface area contributed by atoms with E-state index < -0.39 is 67.3 Å². The summed E-state index contributed by atoms with van der Waals surface area (Å²) in [5.74, 6) is -1.36. The van der Waals surface area contributed by atoms with E-state index in [1.54, 1.807) is 19.1 Å². The van der Waals surface area contributed by atoms with Crippen molar-refractivity contribution in [2.24, 2.45) is 0 Å². The molecule has 0 aromatic heterocycles. The zero-order valence-corrected chi connectivity index (χ0v) is 33.7. The molecule has 3 aromatic rings. The highest BCUT2D eigenvalue weighted by Gasteiger charge is 2.45. The molecule has 0 radical (unpaired) electrons. The second-order valence-corrected chi connectivity index (χ2v) is 15.7. The predicted octanol–water partition coefficient (Wildman–Crippen LogP) is 5.31. The van der Waals surface area contributed by atoms with Crippen LogP contribution in [0.1, 0.15) is 107 Å². The van der Waals surface area contributed by atoms with Gasteiger partial charge in [0.1, 0.15) is 36.3 Å². The maximum Gasteiger partial charge on any atom is 0.224 e. The van der Waals surface area contributed by atoms with Gasteiger partial charge in [-0.05, 0) is 46.9 Å². The summed E-state index contributed by atoms with van der Waals surface area (Å²) in [5.41, 5.74) is 1.63. The van der Waals surface area contributed by atoms with E-state index in [0.29, 0.717) is 17.5 Å². The normalized spacial score (nSPS) is 21.2. The first-order valence-electron chi connectivity index (χ1n) is 20.9. The van der Waals surface area contributed by atoms with Crippen molar-refractivity contribution in [3.63, 3.8) is 0 Å². The van der Waals surface area contributed by atoms with Crippen LogP contribution in [0.4, 0.5) is 4.39 Å². The summed E-state index contributed by atoms with van der Waals surface area (Å²) in [5, 5.41) is 61.8. The lowest BCUT2D eigenvalue weighted by atomic mass is 9.98. The molecule has 1 aliphatic rings. The van der Waals surface area contributed by atoms with E-state index in [4.69, 9.17) is 9.47 Å². The van der Waals surface area contributed by atoms with Gasteiger partial charge in [0.15, 0.2) is 6.29 Å². The molecule has 1 heterocycles. The van der Waals surface area contributed by atoms with Gasteiger partial charge in [-0.2, -0.15) is 0 Å². The van der Waals surface area contributed by atoms with Crippen LogP contribution in [-0.2, 0) is 31.9 Å². The number of aliphatic hydroxyl groups is 5. The van der Waals surface area contributed by atoms with Gasteiger partial charge in [0, 0.05) is 6.54 Å². The lowest BCUT2D eigenvalue weighted by Gasteiger charge is -2.41. The lowest BCUT2D eigenvalue weighted by molar-refractivity contribution is -0.297. The topological polar surface area (TPSA) is 178 Å². The zero-order valence-electron chi connectivity index (χ0n) is 33.7. The number of benzene rings is 3. The Kier molecular flexibility index (Phi) is 19.8. The number of aliphatic hydroxyl groups excluding tert-OH is 5. The summed E-state index contributed by atoms with van der Waals surface area (Å²) in [7, 11) is 0. The molecule has 316 valence electrons. The highest BCUT2D eigenvalue weighted by Crippen LogP contribution is 2.24. The number of rotatable bonds is 25. The third kappa shape index (κ3) is 15.3. The average Bonchev–Trinajstić information content (AvgIpc) is 3.20. The molecule has 2 unspecified atom stereocenters. The van der Waals surface area contributed by atoms with E-state index in [1.807, 2.05) is 42.5 Å². The summed E-state index contributed by atoms with van der Waals surface area (Å²) in [6.45, 7) is 3.18. The molecule has 2 amide bonds. The van der Waals surface area contributed by atoms with Gasteiger partial charge in [-0.15, -0.1) is 0 Å². The Bertz CT molecular complexity index is 1660. The number of unbranched alkanes of at least 4 members (excludes halogenated alkanes) is 11. The molecular weight excluding hydrogens is 731 g/mol. The molecule has 3 aromatic carbocycles. The number of nitrogens with one attached hydrogen (secondary N) is 2. The highest BCUT2D eigenvalue weighted by atomic mass is 19.1. The molecular formula is C45H65FN2O9. The van der Waals surface area contributed by atoms with Crippen molar-refractivity contribution in [3.8, 4) is 0 Å². The monoisotopic (exact) mass is 796 g/mol. The quantitative estimate of drug-likeness (QED) is 0.0560. The number of carbonyl (C=O) groups is 2. The van der Waals surface area contributed by atoms with Crippen molar-refractivity contribution in [3.05, 3.63) is 83.2 Å². The van der Waals surface area contributed by atoms with Crippen LogP contribution in [0, 0.1) is 12.7 Å². The first kappa shape index (κ1) is 46.2. The van der Waals surface area contributed by atoms with E-state index in [0.717, 1.165) is 35.6 Å². The fourth-order valence-electron chi connectivity index (χ4n) is 7.28. The molecule has 0 bridgehead atoms. The second kappa shape index (κ2) is 24.4. The van der Waals surface area contributed by atoms with E-state index in [9.17, 15) is 39.5 Å². The van der Waals surface area contributed by atoms with Gasteiger partial charge < -0.3 is 45.6 Å². The molecule has 4 rings (SSSR count). The van der Waals surface area contributed by atoms with Gasteiger partial charge in [-0.25, -0.2) is 4.39 Å². The minimum Gasteiger partial charge on any atom is -0.390 e. The van der Waals surface area contributed by atoms with Gasteiger partial charge in [-0.3, -0.25) is 9.59 Å². The Morgan fingerprint density at radius 3 is 2.02 bits per heavy atom. The fourth-order valence-corrected chi connectivity index (χ4v) is 7.28. The maximum atomic E-state index is 14.2. The van der Waals surface area contributed by atoms with Gasteiger partial charge in [0.2, 0.25) is 11.8 Å². The van der Waals surface area contributed by atoms with E-state index in [1.165, 1.54) is 57.4 Å². The first-order valence-corrected chi connectivity index (χ1v) is 20.9. The zero-order chi connectivity index (χ0) is 41.2. The highest BCUT2D eigenvalue weighted by molar-refractivity contribution is 5.85. The van der Waals surface area contributed by atoms with Crippen LogP contribution in [0.5, 0.6) is 0 Å². The molecule has 1 aliphatic heterocycles. The molecule has 0 saturated carbocycles. The van der Waals surface area contributed by atoms with Crippen molar-refractivity contribution in [2.45, 2.75) is 159 Å². The molecule has 1 fully saturated rings. The van der Waals surface area contributed by atoms with Gasteiger partial charge in [-0.1, -0.05) is 139 Å². The van der Waals surface area contributed by atoms with E-state index in [2.05, 4.69) is 17.6 Å². The molecule has 0 spiro atoms. The number of carbonyl (C=O) groups excluding carboxylic acids is 2. The van der Waals surface area contributed by atoms with Crippen LogP contribution in [0.25, 0.3) is 10.8 Å². The number of aryl methyl sites for hydroxylation is 1. The minimum atomic E-state index is -1.71. The summed E-state index contributed by atoms with van der Waals surface area (Å²) < 4.78 is 25.8. The largest absolute Gasteiger partial charge is 0.390 e. The maximum absolute atomic E-state index is 14.2. The third-order valence-corrected chi connectivity index (χ3v) is 10.9. The van der Waals surface area contributed by atoms with Crippen LogP contribution in [-0.4, -0.2) is 99.5 Å². The van der Waals surface area contributed by atoms with Gasteiger partial charge in [0.25, 0.3) is 0 Å². The number of fused-ring (bicyclic) bond motifs is 1. The number of hydrogen-bond acceptors (Lipinski definition) is 9. The number of amides is 2. The summed E-state index contributed by atoms with van der Waals surface area (Å²) in [6.07, 6.45) is 3.60. The molecule has 7 N–H and O–H groups in total. The van der Waals surface area contributed by atoms with Crippen LogP contribution in [0.2, 0.25) is 0 Å². The Balaban J connectivity index is 1.30. The summed E-state index contributed by atoms with van der Waals surface area (Å²) in [6, 6.07) is 16.8. The number of hydrogen-bond donors (Lipinski definition) is 7. The summed E-state index contributed by atoms with van der Waals surface area (Å²) >= 11 is 0. The van der Waals surface area contributed by atoms with Crippen LogP contribution in [0.15, 0.2) is 60.7 Å². The molecule has 11 nitrogen and oxygen atoms in total. The second-order valence-electron chi connectivity index (χ2n) is 15.7. The average molecular weight is 797 g/mol. The lowest BCUT2D eigenvalue weighted by Crippen LogP contribution is -2.61. The number of halogens is 1. The van der Waals surface area contributed by atoms with Crippen molar-refractivity contribution in [1.82, 2.24) is 10.6 Å². The van der Waals surface area contributed by atoms with Gasteiger partial charge >= 0.3 is 0 Å². The molecule has 8 atom stereocenters. The standard InChI is InChI=1S/C45H65FN2O9/c1-3-4-5-6-7-8-9-10-11-12-13-14-19-37(49)41(52)36(48-40(51)27-32-21-20-30(2)35(46)25-32)29-56-45-44(55)43(54)42(53)38(57-45)28-47-39(50)26-31-22-23-33-17-15-16-18-34(33)24-31/h15-18,20-25,36-38,41-45,49,52-55H,3-14,19,26-29H2,1-2H3,(H,47,50)(H,48,51)/t36-,37+,38?,41-,42-,43-,44?,45-/m0/s1. The van der Waals surface area contributed by atoms with E-state index in [-0.39, 0.29) is 31.7 Å². The molecule has 0 aliphatic carbocycles. The van der Waals surface area contributed by atoms with Crippen molar-refractivity contribution < 1.29 is 49.0 Å². The molecule has 1 saturated heterocycles. The van der Waals surface area contributed by atoms with Gasteiger partial charge in [0.05, 0.1) is 31.6 Å². The summed E-state index contributed by atoms with van der Waals surface area (Å²) in [4.78, 5) is 26.0. The van der Waals surface area contributed by atoms with Crippen LogP contribution in [0.3, 0.4) is 0 Å². The Hall–Kier alpha value is -3.49. The smallest absolute Gasteiger partial charge is 0.224 e. The van der Waals surface area contributed by atoms with Crippen molar-refractivity contribution in [1.29, 1.82) is 0 Å². The van der Waals surface area contributed by atoms with E-state index >= 15 is 0 Å². The van der Waals surface area contributed by atoms with Crippen LogP contribution >= 0.6 is 0 Å². The predicted molar refractivity (Wildman–Crippen MR) is 218 cm³/mol. The van der Waals surface area contributed by atoms with Crippen LogP contribution < -0.4 is 10.6 Å². The van der Waals surface area contributed by atoms with Crippen molar-refractivity contribution in [2.75, 3.05) is 13.2 Å². The molecule has 57 heavy (non-hydrogen) atoms. The Labute approximate surface area is 337 Å². The third-order valence-electron chi connectivity index (χ3n) is 10.9.